The fraction of sp³-hybridized carbons (Fsp3) is 0.290. The molecule has 10 heteroatoms. The average molecular weight is 593 g/mol. The van der Waals surface area contributed by atoms with Gasteiger partial charge in [0, 0.05) is 18.5 Å². The van der Waals surface area contributed by atoms with Gasteiger partial charge in [-0.25, -0.2) is 9.29 Å². The van der Waals surface area contributed by atoms with Crippen molar-refractivity contribution in [1.82, 2.24) is 4.90 Å². The van der Waals surface area contributed by atoms with E-state index in [0.29, 0.717) is 16.5 Å². The van der Waals surface area contributed by atoms with Crippen molar-refractivity contribution >= 4 is 63.3 Å². The van der Waals surface area contributed by atoms with Gasteiger partial charge in [0.05, 0.1) is 17.5 Å². The molecule has 4 aliphatic rings. The molecule has 2 aliphatic carbocycles. The maximum Gasteiger partial charge on any atom is 0.258 e. The number of rotatable bonds is 2. The SMILES string of the molecule is CN1C(=O)C2CC=C3C(CC4(Cl)C(=O)N(c5ccc(F)cc5)C(=O)C4(Cl)C3c3c(O)ccc4ccccc34)C2C1=O. The number of phenols is 1. The number of imide groups is 2. The van der Waals surface area contributed by atoms with Crippen LogP contribution in [0.3, 0.4) is 0 Å². The summed E-state index contributed by atoms with van der Waals surface area (Å²) in [5.41, 5.74) is 0.992. The standard InChI is InChI=1S/C31H23Cl2FN2O5/c1-35-26(38)20-12-11-19-21(23(20)27(35)39)14-30(32)28(40)36(17-9-7-16(34)8-10-17)29(41)31(30,33)25(19)24-18-5-3-2-4-15(18)6-13-22(24)37/h2-11,13,20-21,23,25,37H,12,14H2,1H3. The van der Waals surface area contributed by atoms with Crippen molar-refractivity contribution in [2.24, 2.45) is 17.8 Å². The van der Waals surface area contributed by atoms with Crippen LogP contribution in [0.15, 0.2) is 72.3 Å². The fourth-order valence-corrected chi connectivity index (χ4v) is 8.38. The number of nitrogens with zero attached hydrogens (tertiary/aromatic N) is 2. The van der Waals surface area contributed by atoms with Crippen LogP contribution in [0.1, 0.15) is 24.3 Å². The zero-order chi connectivity index (χ0) is 29.0. The molecule has 208 valence electrons. The third-order valence-corrected chi connectivity index (χ3v) is 10.8. The molecule has 0 bridgehead atoms. The molecule has 0 aromatic heterocycles. The van der Waals surface area contributed by atoms with Gasteiger partial charge in [0.15, 0.2) is 9.75 Å². The molecule has 7 rings (SSSR count). The smallest absolute Gasteiger partial charge is 0.258 e. The molecule has 2 heterocycles. The summed E-state index contributed by atoms with van der Waals surface area (Å²) in [6.07, 6.45) is 1.88. The fourth-order valence-electron chi connectivity index (χ4n) is 7.46. The third-order valence-electron chi connectivity index (χ3n) is 9.35. The Morgan fingerprint density at radius 1 is 0.902 bits per heavy atom. The lowest BCUT2D eigenvalue weighted by Crippen LogP contribution is -2.60. The Kier molecular flexibility index (Phi) is 5.51. The molecule has 3 aromatic carbocycles. The number of allylic oxidation sites excluding steroid dienone is 2. The van der Waals surface area contributed by atoms with Gasteiger partial charge in [-0.2, -0.15) is 0 Å². The van der Waals surface area contributed by atoms with Crippen LogP contribution in [0.25, 0.3) is 10.8 Å². The first-order valence-electron chi connectivity index (χ1n) is 13.2. The molecule has 3 fully saturated rings. The highest BCUT2D eigenvalue weighted by Gasteiger charge is 2.77. The number of carbonyl (C=O) groups is 4. The van der Waals surface area contributed by atoms with E-state index in [4.69, 9.17) is 23.2 Å². The molecule has 3 aromatic rings. The van der Waals surface area contributed by atoms with Crippen molar-refractivity contribution in [2.45, 2.75) is 28.5 Å². The van der Waals surface area contributed by atoms with E-state index in [1.165, 1.54) is 25.2 Å². The lowest BCUT2D eigenvalue weighted by atomic mass is 9.56. The van der Waals surface area contributed by atoms with Crippen LogP contribution >= 0.6 is 23.2 Å². The number of anilines is 1. The Balaban J connectivity index is 1.51. The molecule has 7 nitrogen and oxygen atoms in total. The van der Waals surface area contributed by atoms with Crippen molar-refractivity contribution in [1.29, 1.82) is 0 Å². The highest BCUT2D eigenvalue weighted by Crippen LogP contribution is 2.67. The molecular formula is C31H23Cl2FN2O5. The third kappa shape index (κ3) is 3.20. The van der Waals surface area contributed by atoms with Crippen molar-refractivity contribution < 1.29 is 28.7 Å². The lowest BCUT2D eigenvalue weighted by Gasteiger charge is -2.51. The molecule has 2 saturated heterocycles. The monoisotopic (exact) mass is 592 g/mol. The van der Waals surface area contributed by atoms with Crippen LogP contribution < -0.4 is 4.90 Å². The molecule has 1 N–H and O–H groups in total. The van der Waals surface area contributed by atoms with Crippen LogP contribution in [-0.2, 0) is 19.2 Å². The van der Waals surface area contributed by atoms with E-state index in [1.54, 1.807) is 18.2 Å². The van der Waals surface area contributed by atoms with Gasteiger partial charge < -0.3 is 5.11 Å². The number of benzene rings is 3. The van der Waals surface area contributed by atoms with E-state index in [1.807, 2.05) is 18.2 Å². The molecule has 41 heavy (non-hydrogen) atoms. The summed E-state index contributed by atoms with van der Waals surface area (Å²) in [6.45, 7) is 0. The summed E-state index contributed by atoms with van der Waals surface area (Å²) in [4.78, 5) is 52.8. The van der Waals surface area contributed by atoms with E-state index >= 15 is 0 Å². The number of fused-ring (bicyclic) bond motifs is 5. The summed E-state index contributed by atoms with van der Waals surface area (Å²) in [6, 6.07) is 15.3. The predicted molar refractivity (Wildman–Crippen MR) is 150 cm³/mol. The topological polar surface area (TPSA) is 95.0 Å². The minimum absolute atomic E-state index is 0.0958. The maximum atomic E-state index is 14.4. The van der Waals surface area contributed by atoms with Crippen molar-refractivity contribution in [3.63, 3.8) is 0 Å². The second-order valence-corrected chi connectivity index (χ2v) is 12.4. The van der Waals surface area contributed by atoms with Crippen LogP contribution in [0.5, 0.6) is 5.75 Å². The number of amides is 4. The van der Waals surface area contributed by atoms with E-state index in [9.17, 15) is 28.7 Å². The van der Waals surface area contributed by atoms with Gasteiger partial charge in [0.1, 0.15) is 11.6 Å². The number of hydrogen-bond donors (Lipinski definition) is 1. The molecule has 0 radical (unpaired) electrons. The summed E-state index contributed by atoms with van der Waals surface area (Å²) in [5, 5.41) is 12.7. The lowest BCUT2D eigenvalue weighted by molar-refractivity contribution is -0.138. The summed E-state index contributed by atoms with van der Waals surface area (Å²) in [7, 11) is 1.43. The molecule has 2 aliphatic heterocycles. The highest BCUT2D eigenvalue weighted by molar-refractivity contribution is 6.58. The number of aromatic hydroxyl groups is 1. The molecule has 6 atom stereocenters. The number of carbonyl (C=O) groups excluding carboxylic acids is 4. The number of hydrogen-bond acceptors (Lipinski definition) is 5. The Morgan fingerprint density at radius 3 is 2.34 bits per heavy atom. The number of phenolic OH excluding ortho intramolecular Hbond substituents is 1. The molecule has 0 spiro atoms. The largest absolute Gasteiger partial charge is 0.508 e. The minimum Gasteiger partial charge on any atom is -0.508 e. The van der Waals surface area contributed by atoms with Crippen LogP contribution in [-0.4, -0.2) is 50.4 Å². The van der Waals surface area contributed by atoms with Crippen molar-refractivity contribution in [2.75, 3.05) is 11.9 Å². The number of alkyl halides is 2. The van der Waals surface area contributed by atoms with Crippen LogP contribution in [0, 0.1) is 23.6 Å². The summed E-state index contributed by atoms with van der Waals surface area (Å²) < 4.78 is 13.8. The second kappa shape index (κ2) is 8.63. The normalized spacial score (nSPS) is 32.7. The molecule has 1 saturated carbocycles. The van der Waals surface area contributed by atoms with Crippen molar-refractivity contribution in [3.05, 3.63) is 83.7 Å². The van der Waals surface area contributed by atoms with Gasteiger partial charge >= 0.3 is 0 Å². The predicted octanol–water partition coefficient (Wildman–Crippen LogP) is 4.88. The second-order valence-electron chi connectivity index (χ2n) is 11.2. The molecular weight excluding hydrogens is 570 g/mol. The Bertz CT molecular complexity index is 1740. The minimum atomic E-state index is -2.12. The first-order chi connectivity index (χ1) is 19.5. The van der Waals surface area contributed by atoms with Crippen molar-refractivity contribution in [3.8, 4) is 5.75 Å². The average Bonchev–Trinajstić information content (AvgIpc) is 3.27. The van der Waals surface area contributed by atoms with E-state index < -0.39 is 51.1 Å². The Morgan fingerprint density at radius 2 is 1.61 bits per heavy atom. The maximum absolute atomic E-state index is 14.4. The van der Waals surface area contributed by atoms with Gasteiger partial charge in [-0.05, 0) is 59.9 Å². The quantitative estimate of drug-likeness (QED) is 0.260. The molecule has 6 unspecified atom stereocenters. The van der Waals surface area contributed by atoms with E-state index in [-0.39, 0.29) is 36.1 Å². The first kappa shape index (κ1) is 26.2. The van der Waals surface area contributed by atoms with Gasteiger partial charge in [-0.15, -0.1) is 23.2 Å². The molecule has 4 amide bonds. The summed E-state index contributed by atoms with van der Waals surface area (Å²) >= 11 is 14.7. The van der Waals surface area contributed by atoms with Crippen LogP contribution in [0.4, 0.5) is 10.1 Å². The van der Waals surface area contributed by atoms with Gasteiger partial charge in [0.2, 0.25) is 11.8 Å². The van der Waals surface area contributed by atoms with E-state index in [0.717, 1.165) is 27.3 Å². The first-order valence-corrected chi connectivity index (χ1v) is 14.0. The zero-order valence-corrected chi connectivity index (χ0v) is 23.2. The van der Waals surface area contributed by atoms with Gasteiger partial charge in [0.25, 0.3) is 11.8 Å². The Hall–Kier alpha value is -3.75. The van der Waals surface area contributed by atoms with Gasteiger partial charge in [-0.1, -0.05) is 42.0 Å². The number of halogens is 3. The highest BCUT2D eigenvalue weighted by atomic mass is 35.5. The number of likely N-dealkylation sites (tertiary alicyclic amines) is 1. The summed E-state index contributed by atoms with van der Waals surface area (Å²) in [5.74, 6) is -6.27. The van der Waals surface area contributed by atoms with Crippen LogP contribution in [0.2, 0.25) is 0 Å². The zero-order valence-electron chi connectivity index (χ0n) is 21.7. The van der Waals surface area contributed by atoms with Gasteiger partial charge in [-0.3, -0.25) is 24.1 Å². The Labute approximate surface area is 244 Å². The van der Waals surface area contributed by atoms with E-state index in [2.05, 4.69) is 0 Å².